The van der Waals surface area contributed by atoms with E-state index in [1.54, 1.807) is 0 Å². The van der Waals surface area contributed by atoms with Gasteiger partial charge in [0.15, 0.2) is 0 Å². The summed E-state index contributed by atoms with van der Waals surface area (Å²) in [6, 6.07) is 0. The van der Waals surface area contributed by atoms with Gasteiger partial charge in [-0.05, 0) is 0 Å². The Morgan fingerprint density at radius 1 is 0.900 bits per heavy atom. The molecule has 10 heteroatoms. The summed E-state index contributed by atoms with van der Waals surface area (Å²) >= 11 is 0. The van der Waals surface area contributed by atoms with Gasteiger partial charge in [-0.2, -0.15) is 4.31 Å². The van der Waals surface area contributed by atoms with Crippen molar-refractivity contribution in [3.63, 3.8) is 0 Å². The molecule has 7 nitrogen and oxygen atoms in total. The van der Waals surface area contributed by atoms with E-state index in [1.807, 2.05) is 0 Å². The Morgan fingerprint density at radius 3 is 1.10 bits per heavy atom. The summed E-state index contributed by atoms with van der Waals surface area (Å²) in [7, 11) is -10.1. The molecule has 0 aromatic heterocycles. The molecule has 0 aliphatic rings. The molecule has 0 amide bonds. The van der Waals surface area contributed by atoms with Gasteiger partial charge in [0.25, 0.3) is 0 Å². The van der Waals surface area contributed by atoms with Crippen molar-refractivity contribution in [2.75, 3.05) is 0 Å². The van der Waals surface area contributed by atoms with Crippen molar-refractivity contribution in [2.45, 2.75) is 0 Å². The molecule has 0 fully saturated rings. The third kappa shape index (κ3) is 11.6. The third-order valence-corrected chi connectivity index (χ3v) is 1.91. The first-order valence-electron chi connectivity index (χ1n) is 1.53. The van der Waals surface area contributed by atoms with Crippen LogP contribution < -0.4 is 0 Å². The van der Waals surface area contributed by atoms with Crippen molar-refractivity contribution in [1.29, 1.82) is 0 Å². The summed E-state index contributed by atoms with van der Waals surface area (Å²) in [5, 5.41) is 0. The molecule has 0 heterocycles. The minimum absolute atomic E-state index is 0. The summed E-state index contributed by atoms with van der Waals surface area (Å²) in [6.45, 7) is 0. The van der Waals surface area contributed by atoms with Crippen LogP contribution in [0, 0.1) is 0 Å². The predicted molar refractivity (Wildman–Crippen MR) is 25.2 cm³/mol. The maximum atomic E-state index is 9.63. The van der Waals surface area contributed by atoms with Gasteiger partial charge in [0.2, 0.25) is 0 Å². The van der Waals surface area contributed by atoms with Crippen LogP contribution in [0.5, 0.6) is 0 Å². The predicted octanol–water partition coefficient (Wildman–Crippen LogP) is -0.814. The normalized spacial score (nSPS) is 12.4. The largest absolute Gasteiger partial charge is 2.00 e. The van der Waals surface area contributed by atoms with Crippen LogP contribution in [0.4, 0.5) is 0 Å². The number of rotatable bonds is 2. The minimum atomic E-state index is -5.05. The van der Waals surface area contributed by atoms with Gasteiger partial charge >= 0.3 is 32.7 Å². The number of phosphoric acid groups is 2. The van der Waals surface area contributed by atoms with Crippen LogP contribution in [-0.2, 0) is 30.5 Å². The zero-order valence-corrected chi connectivity index (χ0v) is 6.94. The average Bonchev–Trinajstić information content (AvgIpc) is 1.14. The maximum Gasteiger partial charge on any atom is 2.00 e. The van der Waals surface area contributed by atoms with E-state index in [9.17, 15) is 9.13 Å². The quantitative estimate of drug-likeness (QED) is 0.368. The van der Waals surface area contributed by atoms with Crippen LogP contribution in [0.25, 0.3) is 0 Å². The molecule has 65 valence electrons. The van der Waals surface area contributed by atoms with Crippen molar-refractivity contribution in [3.8, 4) is 0 Å². The fraction of sp³-hybridized carbons (Fsp3) is 0. The van der Waals surface area contributed by atoms with Crippen molar-refractivity contribution in [2.24, 2.45) is 0 Å². The Balaban J connectivity index is 0. The molecule has 1 radical (unpaired) electrons. The van der Waals surface area contributed by atoms with Crippen LogP contribution in [0.15, 0.2) is 0 Å². The fourth-order valence-corrected chi connectivity index (χ4v) is 1.25. The molecular weight excluding hydrogens is 237 g/mol. The Morgan fingerprint density at radius 2 is 1.10 bits per heavy atom. The molecule has 0 spiro atoms. The topological polar surface area (TPSA) is 124 Å². The Hall–Kier alpha value is 0.779. The van der Waals surface area contributed by atoms with Gasteiger partial charge in [0.1, 0.15) is 0 Å². The number of hydrogen-bond acceptors (Lipinski definition) is 3. The van der Waals surface area contributed by atoms with Crippen LogP contribution in [0.1, 0.15) is 0 Å². The monoisotopic (exact) mass is 241 g/mol. The Kier molecular flexibility index (Phi) is 5.31. The van der Waals surface area contributed by atoms with E-state index >= 15 is 0 Å². The Bertz CT molecular complexity index is 152. The summed E-state index contributed by atoms with van der Waals surface area (Å²) in [5.74, 6) is 0. The molecule has 0 rings (SSSR count). The van der Waals surface area contributed by atoms with Gasteiger partial charge in [0.05, 0.1) is 0 Å². The zero-order valence-electron chi connectivity index (χ0n) is 4.21. The molecule has 0 saturated carbocycles. The van der Waals surface area contributed by atoms with Gasteiger partial charge < -0.3 is 19.6 Å². The Labute approximate surface area is 66.4 Å². The maximum absolute atomic E-state index is 9.63. The van der Waals surface area contributed by atoms with Crippen molar-refractivity contribution in [1.82, 2.24) is 0 Å². The second-order valence-corrected chi connectivity index (χ2v) is 3.68. The van der Waals surface area contributed by atoms with E-state index in [0.717, 1.165) is 0 Å². The molecule has 0 bridgehead atoms. The van der Waals surface area contributed by atoms with Gasteiger partial charge in [-0.15, -0.1) is 0 Å². The van der Waals surface area contributed by atoms with Crippen LogP contribution in [0.2, 0.25) is 0 Å². The van der Waals surface area contributed by atoms with E-state index < -0.39 is 15.6 Å². The first-order valence-corrected chi connectivity index (χ1v) is 4.59. The van der Waals surface area contributed by atoms with Crippen LogP contribution in [0.3, 0.4) is 0 Å². The van der Waals surface area contributed by atoms with Gasteiger partial charge in [0, 0.05) is 0 Å². The molecular formula is H4CuO7P2+2. The fourth-order valence-electron chi connectivity index (χ4n) is 0.139. The summed E-state index contributed by atoms with van der Waals surface area (Å²) < 4.78 is 22.2. The summed E-state index contributed by atoms with van der Waals surface area (Å²) in [6.07, 6.45) is 0. The molecule has 0 aromatic rings. The standard InChI is InChI=1S/Cu.H4O7P2/c;1-8(2,3)7-9(4,5)6/h;(H2,1,2,3)(H2,4,5,6)/q+2;. The number of hydrogen-bond donors (Lipinski definition) is 4. The van der Waals surface area contributed by atoms with Gasteiger partial charge in [-0.25, -0.2) is 9.13 Å². The second kappa shape index (κ2) is 3.97. The van der Waals surface area contributed by atoms with E-state index in [4.69, 9.17) is 19.6 Å². The third-order valence-electron chi connectivity index (χ3n) is 0.213. The van der Waals surface area contributed by atoms with Gasteiger partial charge in [-0.1, -0.05) is 0 Å². The van der Waals surface area contributed by atoms with Gasteiger partial charge in [-0.3, -0.25) is 0 Å². The molecule has 0 unspecified atom stereocenters. The smallest absolute Gasteiger partial charge is 0.302 e. The minimum Gasteiger partial charge on any atom is -0.302 e. The van der Waals surface area contributed by atoms with Crippen molar-refractivity contribution >= 4 is 15.6 Å². The molecule has 0 aromatic carbocycles. The second-order valence-electron chi connectivity index (χ2n) is 1.06. The first kappa shape index (κ1) is 13.4. The molecule has 0 saturated heterocycles. The molecule has 4 N–H and O–H groups in total. The SMILES string of the molecule is O=P(O)(O)OP(=O)(O)O.[Cu+2]. The average molecular weight is 242 g/mol. The first-order chi connectivity index (χ1) is 3.71. The van der Waals surface area contributed by atoms with E-state index in [2.05, 4.69) is 4.31 Å². The summed E-state index contributed by atoms with van der Waals surface area (Å²) in [4.78, 5) is 31.0. The van der Waals surface area contributed by atoms with Crippen LogP contribution >= 0.6 is 15.6 Å². The van der Waals surface area contributed by atoms with E-state index in [0.29, 0.717) is 0 Å². The zero-order chi connectivity index (χ0) is 7.71. The molecule has 10 heavy (non-hydrogen) atoms. The molecule has 0 atom stereocenters. The van der Waals surface area contributed by atoms with Crippen molar-refractivity contribution < 1.29 is 50.1 Å². The van der Waals surface area contributed by atoms with Crippen LogP contribution in [-0.4, -0.2) is 19.6 Å². The summed E-state index contributed by atoms with van der Waals surface area (Å²) in [5.41, 5.74) is 0. The van der Waals surface area contributed by atoms with E-state index in [-0.39, 0.29) is 17.1 Å². The van der Waals surface area contributed by atoms with E-state index in [1.165, 1.54) is 0 Å². The molecule has 0 aliphatic heterocycles. The van der Waals surface area contributed by atoms with Crippen molar-refractivity contribution in [3.05, 3.63) is 0 Å². The molecule has 0 aliphatic carbocycles.